The quantitative estimate of drug-likeness (QED) is 0.0851. The van der Waals surface area contributed by atoms with Gasteiger partial charge in [-0.15, -0.1) is 0 Å². The molecule has 22 aromatic rings. The van der Waals surface area contributed by atoms with E-state index in [1.54, 1.807) is 30.3 Å². The molecule has 2 heterocycles. The molecule has 584 valence electrons. The van der Waals surface area contributed by atoms with E-state index in [4.69, 9.17) is 11.0 Å². The molecule has 124 heavy (non-hydrogen) atoms. The van der Waals surface area contributed by atoms with Crippen LogP contribution >= 0.6 is 0 Å². The molecule has 0 N–H and O–H groups in total. The molecule has 0 radical (unpaired) electrons. The first-order valence-electron chi connectivity index (χ1n) is 51.3. The summed E-state index contributed by atoms with van der Waals surface area (Å²) >= 11 is 0. The largest absolute Gasteiger partial charge is 0.311 e. The maximum atomic E-state index is 9.74. The van der Waals surface area contributed by atoms with Gasteiger partial charge in [0.25, 0.3) is 0 Å². The number of fused-ring (bicyclic) bond motifs is 6. The predicted octanol–water partition coefficient (Wildman–Crippen LogP) is 33.2. The first-order valence-corrected chi connectivity index (χ1v) is 40.8. The van der Waals surface area contributed by atoms with Gasteiger partial charge in [-0.3, -0.25) is 0 Å². The lowest BCUT2D eigenvalue weighted by molar-refractivity contribution is 1.18. The van der Waals surface area contributed by atoms with Crippen molar-refractivity contribution >= 4 is 77.7 Å². The fourth-order valence-electron chi connectivity index (χ4n) is 16.4. The molecule has 4 heteroatoms. The van der Waals surface area contributed by atoms with Crippen molar-refractivity contribution in [3.63, 3.8) is 0 Å². The van der Waals surface area contributed by atoms with E-state index >= 15 is 0 Å². The summed E-state index contributed by atoms with van der Waals surface area (Å²) in [4.78, 5) is 2.97. The normalized spacial score (nSPS) is 13.6. The van der Waals surface area contributed by atoms with Crippen molar-refractivity contribution in [2.45, 2.75) is 0 Å². The summed E-state index contributed by atoms with van der Waals surface area (Å²) in [7, 11) is 0. The molecule has 0 saturated heterocycles. The van der Waals surface area contributed by atoms with Gasteiger partial charge in [-0.25, -0.2) is 0 Å². The lowest BCUT2D eigenvalue weighted by atomic mass is 9.98. The van der Waals surface area contributed by atoms with E-state index in [0.717, 1.165) is 127 Å². The van der Waals surface area contributed by atoms with Gasteiger partial charge in [-0.1, -0.05) is 376 Å². The molecule has 0 unspecified atom stereocenters. The van der Waals surface area contributed by atoms with Crippen LogP contribution in [0.5, 0.6) is 0 Å². The minimum Gasteiger partial charge on any atom is -0.311 e. The monoisotopic (exact) mass is 1600 g/mol. The zero-order chi connectivity index (χ0) is 101. The second-order valence-corrected chi connectivity index (χ2v) is 29.8. The number of para-hydroxylation sites is 4. The Kier molecular flexibility index (Phi) is 15.1. The third-order valence-corrected chi connectivity index (χ3v) is 22.4. The Hall–Kier alpha value is -16.4. The standard InChI is InChI=1S/2C60H42N2/c2*1-4-15-43(16-5-1)45-27-34-52(35-28-45)61(53-36-29-46(30-37-53)50-22-14-21-49(41-50)44-17-6-2-7-18-44)54-38-31-47(32-39-54)51-33-40-60-57(42-51)56-24-11-13-26-59(56)62(60)58-25-12-10-23-55(58)48-19-8-3-9-20-48/h2*1-42H/i2D,6D,7D,14D,17D,18D,21D,22D,29D,30D,31D,32D,36D,37D,38D,39D,41D;31D,32D,38D,39D. The Morgan fingerprint density at radius 1 is 0.161 bits per heavy atom. The van der Waals surface area contributed by atoms with Crippen LogP contribution in [0.3, 0.4) is 0 Å². The van der Waals surface area contributed by atoms with Crippen molar-refractivity contribution in [3.8, 4) is 123 Å². The average molecular weight is 1600 g/mol. The van der Waals surface area contributed by atoms with E-state index in [2.05, 4.69) is 137 Å². The molecule has 4 nitrogen and oxygen atoms in total. The van der Waals surface area contributed by atoms with E-state index in [9.17, 15) is 17.8 Å². The van der Waals surface area contributed by atoms with Crippen LogP contribution in [0.4, 0.5) is 34.1 Å². The van der Waals surface area contributed by atoms with Gasteiger partial charge >= 0.3 is 0 Å². The summed E-state index contributed by atoms with van der Waals surface area (Å²) in [6.07, 6.45) is 0. The second-order valence-electron chi connectivity index (χ2n) is 29.8. The van der Waals surface area contributed by atoms with Gasteiger partial charge in [0.1, 0.15) is 0 Å². The minimum absolute atomic E-state index is 0.0404. The van der Waals surface area contributed by atoms with Gasteiger partial charge in [0.2, 0.25) is 0 Å². The first-order chi connectivity index (χ1) is 70.3. The van der Waals surface area contributed by atoms with E-state index in [-0.39, 0.29) is 46.7 Å². The summed E-state index contributed by atoms with van der Waals surface area (Å²) in [6.45, 7) is 0. The number of aromatic nitrogens is 2. The van der Waals surface area contributed by atoms with E-state index in [0.29, 0.717) is 22.5 Å². The van der Waals surface area contributed by atoms with Crippen LogP contribution in [0.25, 0.3) is 166 Å². The summed E-state index contributed by atoms with van der Waals surface area (Å²) < 4.78 is 198. The van der Waals surface area contributed by atoms with Gasteiger partial charge in [0.15, 0.2) is 0 Å². The molecule has 0 bridgehead atoms. The first kappa shape index (κ1) is 55.4. The highest BCUT2D eigenvalue weighted by atomic mass is 15.1. The molecule has 0 aliphatic rings. The SMILES string of the molecule is [2H]c1c([2H])c(N(c2ccc(-c3ccccc3)cc2)c2ccc(-c3cccc(-c4ccccc4)c3)cc2)c([2H])c([2H])c1-c1ccc2c(c1)c1ccccc1n2-c1ccccc1-c1ccccc1.[2H]c1c([2H])c([2H])c(-c2c([2H])c([2H])c([2H])c(-c3c([2H])c([2H])c(N(c4ccc(-c5ccccc5)cc4)c4c([2H])c([2H])c(-c5ccc6c(c5)c5ccccc5n6-c5ccccc5-c5ccccc5)c([2H])c4[2H])c([2H])c3[2H])c2[2H])c([2H])c1[2H]. The Labute approximate surface area is 753 Å². The van der Waals surface area contributed by atoms with E-state index in [1.165, 1.54) is 0 Å². The molecule has 0 spiro atoms. The third kappa shape index (κ3) is 15.0. The lowest BCUT2D eigenvalue weighted by Gasteiger charge is -2.26. The van der Waals surface area contributed by atoms with Crippen LogP contribution in [-0.4, -0.2) is 9.13 Å². The van der Waals surface area contributed by atoms with E-state index in [1.807, 2.05) is 229 Å². The zero-order valence-electron chi connectivity index (χ0n) is 87.7. The molecule has 0 saturated carbocycles. The fraction of sp³-hybridized carbons (Fsp3) is 0. The van der Waals surface area contributed by atoms with Crippen LogP contribution in [0.2, 0.25) is 0 Å². The maximum Gasteiger partial charge on any atom is 0.0645 e. The number of hydrogen-bond acceptors (Lipinski definition) is 2. The molecule has 0 aliphatic heterocycles. The molecule has 2 aromatic heterocycles. The predicted molar refractivity (Wildman–Crippen MR) is 525 cm³/mol. The van der Waals surface area contributed by atoms with Gasteiger partial charge in [-0.05, 0) is 233 Å². The van der Waals surface area contributed by atoms with Crippen molar-refractivity contribution in [3.05, 3.63) is 509 Å². The van der Waals surface area contributed by atoms with Gasteiger partial charge in [0, 0.05) is 66.8 Å². The highest BCUT2D eigenvalue weighted by molar-refractivity contribution is 6.12. The topological polar surface area (TPSA) is 16.3 Å². The van der Waals surface area contributed by atoms with E-state index < -0.39 is 136 Å². The van der Waals surface area contributed by atoms with Crippen LogP contribution in [-0.2, 0) is 0 Å². The highest BCUT2D eigenvalue weighted by Gasteiger charge is 2.22. The van der Waals surface area contributed by atoms with Gasteiger partial charge < -0.3 is 18.9 Å². The fourth-order valence-corrected chi connectivity index (χ4v) is 16.4. The van der Waals surface area contributed by atoms with Crippen LogP contribution in [0.15, 0.2) is 509 Å². The number of anilines is 6. The lowest BCUT2D eigenvalue weighted by Crippen LogP contribution is -2.09. The molecular formula is C120H84N4. The number of nitrogens with zero attached hydrogens (tertiary/aromatic N) is 4. The molecule has 0 fully saturated rings. The van der Waals surface area contributed by atoms with Crippen LogP contribution < -0.4 is 9.80 Å². The van der Waals surface area contributed by atoms with Crippen molar-refractivity contribution in [1.29, 1.82) is 0 Å². The van der Waals surface area contributed by atoms with Crippen molar-refractivity contribution in [1.82, 2.24) is 9.13 Å². The summed E-state index contributed by atoms with van der Waals surface area (Å²) in [5.74, 6) is 0. The van der Waals surface area contributed by atoms with Crippen LogP contribution in [0, 0.1) is 0 Å². The second kappa shape index (κ2) is 33.8. The summed E-state index contributed by atoms with van der Waals surface area (Å²) in [6, 6.07) is 112. The number of rotatable bonds is 18. The van der Waals surface area contributed by atoms with Crippen molar-refractivity contribution in [2.75, 3.05) is 9.80 Å². The average Bonchev–Trinajstić information content (AvgIpc) is 1.29. The molecule has 22 rings (SSSR count). The molecule has 0 amide bonds. The number of hydrogen-bond donors (Lipinski definition) is 0. The van der Waals surface area contributed by atoms with Gasteiger partial charge in [0.05, 0.1) is 62.2 Å². The Morgan fingerprint density at radius 3 is 0.839 bits per heavy atom. The molecular weight excluding hydrogens is 1500 g/mol. The van der Waals surface area contributed by atoms with Gasteiger partial charge in [-0.2, -0.15) is 0 Å². The molecule has 0 atom stereocenters. The summed E-state index contributed by atoms with van der Waals surface area (Å²) in [5, 5.41) is 3.65. The molecule has 0 aliphatic carbocycles. The van der Waals surface area contributed by atoms with Crippen LogP contribution in [0.1, 0.15) is 28.8 Å². The molecule has 20 aromatic carbocycles. The minimum atomic E-state index is -0.879. The summed E-state index contributed by atoms with van der Waals surface area (Å²) in [5.41, 5.74) is 17.3. The Morgan fingerprint density at radius 2 is 0.435 bits per heavy atom. The smallest absolute Gasteiger partial charge is 0.0645 e. The highest BCUT2D eigenvalue weighted by Crippen LogP contribution is 2.45. The van der Waals surface area contributed by atoms with Crippen molar-refractivity contribution in [2.24, 2.45) is 0 Å². The van der Waals surface area contributed by atoms with Crippen molar-refractivity contribution < 1.29 is 28.8 Å². The Balaban J connectivity index is 0.000000173. The number of benzene rings is 20. The maximum absolute atomic E-state index is 9.74. The third-order valence-electron chi connectivity index (χ3n) is 22.4. The zero-order valence-corrected chi connectivity index (χ0v) is 66.7. The Bertz CT molecular complexity index is 8800.